The summed E-state index contributed by atoms with van der Waals surface area (Å²) < 4.78 is 0. The molecule has 1 saturated carbocycles. The summed E-state index contributed by atoms with van der Waals surface area (Å²) in [6, 6.07) is 0. The zero-order valence-corrected chi connectivity index (χ0v) is 9.28. The predicted octanol–water partition coefficient (Wildman–Crippen LogP) is 2.48. The molecular formula is C12H24O2. The number of hydrogen-bond donors (Lipinski definition) is 2. The van der Waals surface area contributed by atoms with Gasteiger partial charge in [0.2, 0.25) is 0 Å². The molecule has 14 heavy (non-hydrogen) atoms. The van der Waals surface area contributed by atoms with E-state index in [0.29, 0.717) is 0 Å². The van der Waals surface area contributed by atoms with Gasteiger partial charge in [-0.2, -0.15) is 0 Å². The summed E-state index contributed by atoms with van der Waals surface area (Å²) in [5.74, 6) is 0.753. The first kappa shape index (κ1) is 12.0. The van der Waals surface area contributed by atoms with Crippen LogP contribution in [0.25, 0.3) is 0 Å². The van der Waals surface area contributed by atoms with E-state index in [0.717, 1.165) is 31.6 Å². The second-order valence-corrected chi connectivity index (χ2v) is 4.68. The Morgan fingerprint density at radius 3 is 2.21 bits per heavy atom. The van der Waals surface area contributed by atoms with Crippen molar-refractivity contribution in [1.29, 1.82) is 0 Å². The van der Waals surface area contributed by atoms with Gasteiger partial charge < -0.3 is 10.2 Å². The average Bonchev–Trinajstić information content (AvgIpc) is 2.66. The van der Waals surface area contributed by atoms with Crippen molar-refractivity contribution in [2.24, 2.45) is 5.92 Å². The number of hydrogen-bond acceptors (Lipinski definition) is 2. The zero-order valence-electron chi connectivity index (χ0n) is 9.28. The minimum atomic E-state index is -0.215. The van der Waals surface area contributed by atoms with Gasteiger partial charge in [-0.15, -0.1) is 0 Å². The summed E-state index contributed by atoms with van der Waals surface area (Å²) in [5, 5.41) is 19.1. The minimum absolute atomic E-state index is 0.181. The molecule has 2 nitrogen and oxygen atoms in total. The van der Waals surface area contributed by atoms with Crippen LogP contribution in [0.2, 0.25) is 0 Å². The first-order valence-electron chi connectivity index (χ1n) is 6.08. The molecule has 2 heteroatoms. The maximum Gasteiger partial charge on any atom is 0.0543 e. The van der Waals surface area contributed by atoms with Crippen LogP contribution in [0, 0.1) is 5.92 Å². The zero-order chi connectivity index (χ0) is 10.4. The van der Waals surface area contributed by atoms with Crippen molar-refractivity contribution in [3.8, 4) is 0 Å². The summed E-state index contributed by atoms with van der Waals surface area (Å²) in [6.07, 6.45) is 8.17. The molecule has 0 saturated heterocycles. The van der Waals surface area contributed by atoms with Gasteiger partial charge >= 0.3 is 0 Å². The van der Waals surface area contributed by atoms with Gasteiger partial charge in [-0.1, -0.05) is 32.6 Å². The second kappa shape index (κ2) is 6.41. The third-order valence-electron chi connectivity index (χ3n) is 3.38. The van der Waals surface area contributed by atoms with E-state index in [1.807, 2.05) is 6.92 Å². The van der Waals surface area contributed by atoms with Crippen LogP contribution >= 0.6 is 0 Å². The van der Waals surface area contributed by atoms with Crippen LogP contribution in [0.3, 0.4) is 0 Å². The number of aliphatic hydroxyl groups excluding tert-OH is 2. The van der Waals surface area contributed by atoms with E-state index in [9.17, 15) is 10.2 Å². The van der Waals surface area contributed by atoms with E-state index in [2.05, 4.69) is 0 Å². The van der Waals surface area contributed by atoms with Crippen molar-refractivity contribution in [3.05, 3.63) is 0 Å². The van der Waals surface area contributed by atoms with Crippen molar-refractivity contribution in [3.63, 3.8) is 0 Å². The Morgan fingerprint density at radius 2 is 1.64 bits per heavy atom. The molecule has 2 unspecified atom stereocenters. The number of aliphatic hydroxyl groups is 2. The fraction of sp³-hybridized carbons (Fsp3) is 1.00. The van der Waals surface area contributed by atoms with Crippen molar-refractivity contribution in [2.45, 2.75) is 70.5 Å². The van der Waals surface area contributed by atoms with Crippen LogP contribution < -0.4 is 0 Å². The molecule has 1 rings (SSSR count). The Labute approximate surface area is 87.3 Å². The molecule has 0 radical (unpaired) electrons. The lowest BCUT2D eigenvalue weighted by Crippen LogP contribution is -2.15. The molecule has 84 valence electrons. The van der Waals surface area contributed by atoms with E-state index < -0.39 is 0 Å². The highest BCUT2D eigenvalue weighted by Gasteiger charge is 2.18. The molecule has 1 aliphatic carbocycles. The summed E-state index contributed by atoms with van der Waals surface area (Å²) >= 11 is 0. The molecule has 0 aromatic rings. The summed E-state index contributed by atoms with van der Waals surface area (Å²) in [6.45, 7) is 1.98. The fourth-order valence-electron chi connectivity index (χ4n) is 2.34. The topological polar surface area (TPSA) is 40.5 Å². The molecule has 0 spiro atoms. The lowest BCUT2D eigenvalue weighted by Gasteiger charge is -2.16. The molecule has 0 amide bonds. The van der Waals surface area contributed by atoms with Crippen LogP contribution in [-0.2, 0) is 0 Å². The molecule has 0 aromatic carbocycles. The molecule has 1 aliphatic rings. The lowest BCUT2D eigenvalue weighted by atomic mass is 9.96. The maximum atomic E-state index is 9.74. The predicted molar refractivity (Wildman–Crippen MR) is 58.1 cm³/mol. The van der Waals surface area contributed by atoms with E-state index in [1.54, 1.807) is 0 Å². The van der Waals surface area contributed by atoms with Crippen molar-refractivity contribution in [2.75, 3.05) is 0 Å². The lowest BCUT2D eigenvalue weighted by molar-refractivity contribution is 0.0962. The van der Waals surface area contributed by atoms with E-state index in [4.69, 9.17) is 0 Å². The molecule has 0 aliphatic heterocycles. The molecule has 0 bridgehead atoms. The largest absolute Gasteiger partial charge is 0.393 e. The summed E-state index contributed by atoms with van der Waals surface area (Å²) in [5.41, 5.74) is 0. The Kier molecular flexibility index (Phi) is 5.49. The third kappa shape index (κ3) is 4.43. The Balaban J connectivity index is 2.05. The van der Waals surface area contributed by atoms with Gasteiger partial charge in [0.15, 0.2) is 0 Å². The monoisotopic (exact) mass is 200 g/mol. The van der Waals surface area contributed by atoms with E-state index in [1.165, 1.54) is 25.7 Å². The third-order valence-corrected chi connectivity index (χ3v) is 3.38. The van der Waals surface area contributed by atoms with Gasteiger partial charge in [-0.05, 0) is 31.6 Å². The van der Waals surface area contributed by atoms with Crippen LogP contribution in [0.4, 0.5) is 0 Å². The minimum Gasteiger partial charge on any atom is -0.393 e. The first-order valence-corrected chi connectivity index (χ1v) is 6.08. The van der Waals surface area contributed by atoms with Gasteiger partial charge in [0.05, 0.1) is 12.2 Å². The number of rotatable bonds is 6. The molecule has 0 aromatic heterocycles. The van der Waals surface area contributed by atoms with Gasteiger partial charge in [0.25, 0.3) is 0 Å². The highest BCUT2D eigenvalue weighted by Crippen LogP contribution is 2.29. The van der Waals surface area contributed by atoms with Gasteiger partial charge in [0.1, 0.15) is 0 Å². The van der Waals surface area contributed by atoms with Gasteiger partial charge in [-0.25, -0.2) is 0 Å². The van der Waals surface area contributed by atoms with Gasteiger partial charge in [-0.3, -0.25) is 0 Å². The highest BCUT2D eigenvalue weighted by atomic mass is 16.3. The van der Waals surface area contributed by atoms with Crippen LogP contribution in [0.15, 0.2) is 0 Å². The SMILES string of the molecule is CCC(O)CCC(O)CC1CCCC1. The molecule has 0 heterocycles. The summed E-state index contributed by atoms with van der Waals surface area (Å²) in [4.78, 5) is 0. The van der Waals surface area contributed by atoms with Crippen molar-refractivity contribution < 1.29 is 10.2 Å². The van der Waals surface area contributed by atoms with Gasteiger partial charge in [0, 0.05) is 0 Å². The van der Waals surface area contributed by atoms with Crippen LogP contribution in [-0.4, -0.2) is 22.4 Å². The summed E-state index contributed by atoms with van der Waals surface area (Å²) in [7, 11) is 0. The smallest absolute Gasteiger partial charge is 0.0543 e. The standard InChI is InChI=1S/C12H24O2/c1-2-11(13)7-8-12(14)9-10-5-3-4-6-10/h10-14H,2-9H2,1H3. The molecule has 2 N–H and O–H groups in total. The Bertz CT molecular complexity index is 141. The van der Waals surface area contributed by atoms with Crippen molar-refractivity contribution >= 4 is 0 Å². The van der Waals surface area contributed by atoms with E-state index in [-0.39, 0.29) is 12.2 Å². The second-order valence-electron chi connectivity index (χ2n) is 4.68. The van der Waals surface area contributed by atoms with Crippen LogP contribution in [0.5, 0.6) is 0 Å². The first-order chi connectivity index (χ1) is 6.72. The molecular weight excluding hydrogens is 176 g/mol. The quantitative estimate of drug-likeness (QED) is 0.691. The van der Waals surface area contributed by atoms with E-state index >= 15 is 0 Å². The molecule has 2 atom stereocenters. The Hall–Kier alpha value is -0.0800. The average molecular weight is 200 g/mol. The normalized spacial score (nSPS) is 22.5. The fourth-order valence-corrected chi connectivity index (χ4v) is 2.34. The molecule has 1 fully saturated rings. The Morgan fingerprint density at radius 1 is 1.07 bits per heavy atom. The highest BCUT2D eigenvalue weighted by molar-refractivity contribution is 4.71. The maximum absolute atomic E-state index is 9.74. The van der Waals surface area contributed by atoms with Crippen LogP contribution in [0.1, 0.15) is 58.3 Å². The van der Waals surface area contributed by atoms with Crippen molar-refractivity contribution in [1.82, 2.24) is 0 Å².